The molecule has 7 heteroatoms. The molecule has 3 rings (SSSR count). The lowest BCUT2D eigenvalue weighted by Gasteiger charge is -2.40. The first-order valence-electron chi connectivity index (χ1n) is 11.9. The molecule has 0 spiro atoms. The molecule has 1 atom stereocenters. The van der Waals surface area contributed by atoms with E-state index in [-0.39, 0.29) is 24.3 Å². The van der Waals surface area contributed by atoms with Crippen LogP contribution in [0.25, 0.3) is 0 Å². The van der Waals surface area contributed by atoms with E-state index in [1.807, 2.05) is 65.8 Å². The van der Waals surface area contributed by atoms with E-state index in [9.17, 15) is 9.59 Å². The Morgan fingerprint density at radius 2 is 1.88 bits per heavy atom. The highest BCUT2D eigenvalue weighted by molar-refractivity contribution is 6.30. The molecule has 1 saturated heterocycles. The van der Waals surface area contributed by atoms with Crippen LogP contribution in [0.4, 0.5) is 4.79 Å². The second-order valence-electron chi connectivity index (χ2n) is 10.1. The second kappa shape index (κ2) is 10.9. The molecule has 0 aliphatic carbocycles. The topological polar surface area (TPSA) is 62.7 Å². The number of hydrogen-bond donors (Lipinski definition) is 0. The lowest BCUT2D eigenvalue weighted by atomic mass is 9.96. The summed E-state index contributed by atoms with van der Waals surface area (Å²) in [6.45, 7) is 14.6. The number of hydrogen-bond acceptors (Lipinski definition) is 5. The van der Waals surface area contributed by atoms with E-state index in [1.165, 1.54) is 0 Å². The summed E-state index contributed by atoms with van der Waals surface area (Å²) in [5.74, 6) is 0.0334. The number of pyridine rings is 1. The lowest BCUT2D eigenvalue weighted by molar-refractivity contribution is 0.000532. The molecule has 2 heterocycles. The van der Waals surface area contributed by atoms with Crippen LogP contribution in [0.3, 0.4) is 0 Å². The zero-order chi connectivity index (χ0) is 25.0. The minimum atomic E-state index is -0.506. The third kappa shape index (κ3) is 6.80. The van der Waals surface area contributed by atoms with Crippen molar-refractivity contribution in [2.24, 2.45) is 0 Å². The molecular formula is C27H36ClN3O3. The average molecular weight is 486 g/mol. The van der Waals surface area contributed by atoms with Crippen LogP contribution in [-0.2, 0) is 24.1 Å². The van der Waals surface area contributed by atoms with Crippen LogP contribution in [0.1, 0.15) is 67.4 Å². The van der Waals surface area contributed by atoms with Crippen molar-refractivity contribution in [2.75, 3.05) is 19.6 Å². The molecular weight excluding hydrogens is 450 g/mol. The number of carbonyl (C=O) groups is 2. The van der Waals surface area contributed by atoms with Crippen molar-refractivity contribution in [3.05, 3.63) is 63.4 Å². The van der Waals surface area contributed by atoms with Crippen LogP contribution in [-0.4, -0.2) is 57.9 Å². The van der Waals surface area contributed by atoms with Gasteiger partial charge in [-0.3, -0.25) is 14.7 Å². The van der Waals surface area contributed by atoms with Gasteiger partial charge in [0.05, 0.1) is 0 Å². The number of carbonyl (C=O) groups excluding carboxylic acids is 2. The van der Waals surface area contributed by atoms with Crippen LogP contribution in [0.5, 0.6) is 0 Å². The lowest BCUT2D eigenvalue weighted by Crippen LogP contribution is -2.54. The number of piperazine rings is 1. The molecule has 34 heavy (non-hydrogen) atoms. The van der Waals surface area contributed by atoms with E-state index in [0.717, 1.165) is 41.9 Å². The fraction of sp³-hybridized carbons (Fsp3) is 0.519. The number of rotatable bonds is 6. The molecule has 1 aromatic heterocycles. The van der Waals surface area contributed by atoms with Crippen molar-refractivity contribution in [1.29, 1.82) is 0 Å². The Labute approximate surface area is 208 Å². The molecule has 1 aromatic carbocycles. The summed E-state index contributed by atoms with van der Waals surface area (Å²) >= 11 is 6.45. The number of aryl methyl sites for hydroxylation is 1. The van der Waals surface area contributed by atoms with Crippen molar-refractivity contribution in [3.63, 3.8) is 0 Å². The quantitative estimate of drug-likeness (QED) is 0.507. The maximum absolute atomic E-state index is 12.9. The summed E-state index contributed by atoms with van der Waals surface area (Å²) < 4.78 is 5.55. The Kier molecular flexibility index (Phi) is 8.37. The molecule has 2 aromatic rings. The average Bonchev–Trinajstić information content (AvgIpc) is 2.75. The third-order valence-electron chi connectivity index (χ3n) is 6.18. The number of amides is 1. The van der Waals surface area contributed by atoms with E-state index in [4.69, 9.17) is 16.3 Å². The number of aromatic nitrogens is 1. The van der Waals surface area contributed by atoms with Gasteiger partial charge in [0.15, 0.2) is 5.78 Å². The summed E-state index contributed by atoms with van der Waals surface area (Å²) in [6, 6.07) is 7.66. The highest BCUT2D eigenvalue weighted by Gasteiger charge is 2.31. The molecule has 0 radical (unpaired) electrons. The van der Waals surface area contributed by atoms with Gasteiger partial charge in [0.1, 0.15) is 5.60 Å². The smallest absolute Gasteiger partial charge is 0.410 e. The monoisotopic (exact) mass is 485 g/mol. The molecule has 0 saturated carbocycles. The molecule has 0 N–H and O–H groups in total. The second-order valence-corrected chi connectivity index (χ2v) is 10.5. The Morgan fingerprint density at radius 3 is 2.47 bits per heavy atom. The molecule has 1 fully saturated rings. The first-order valence-corrected chi connectivity index (χ1v) is 12.3. The Bertz CT molecular complexity index is 1030. The first kappa shape index (κ1) is 26.2. The van der Waals surface area contributed by atoms with Gasteiger partial charge in [-0.1, -0.05) is 18.5 Å². The van der Waals surface area contributed by atoms with Gasteiger partial charge >= 0.3 is 6.09 Å². The van der Waals surface area contributed by atoms with Gasteiger partial charge in [0, 0.05) is 61.1 Å². The Morgan fingerprint density at radius 1 is 1.18 bits per heavy atom. The summed E-state index contributed by atoms with van der Waals surface area (Å²) in [7, 11) is 0. The van der Waals surface area contributed by atoms with Crippen molar-refractivity contribution in [2.45, 2.75) is 72.6 Å². The Balaban J connectivity index is 1.68. The number of ketones is 1. The highest BCUT2D eigenvalue weighted by atomic mass is 35.5. The predicted octanol–water partition coefficient (Wildman–Crippen LogP) is 5.47. The summed E-state index contributed by atoms with van der Waals surface area (Å²) in [5, 5.41) is 0.628. The molecule has 1 aliphatic rings. The minimum Gasteiger partial charge on any atom is -0.444 e. The number of Topliss-reactive ketones (excluding diaryl/α,β-unsaturated/α-hetero) is 1. The summed E-state index contributed by atoms with van der Waals surface area (Å²) in [6.07, 6.45) is 2.53. The number of halogens is 1. The van der Waals surface area contributed by atoms with Gasteiger partial charge in [0.2, 0.25) is 0 Å². The van der Waals surface area contributed by atoms with E-state index in [0.29, 0.717) is 23.7 Å². The van der Waals surface area contributed by atoms with Crippen LogP contribution in [0.2, 0.25) is 5.02 Å². The summed E-state index contributed by atoms with van der Waals surface area (Å²) in [4.78, 5) is 33.9. The van der Waals surface area contributed by atoms with Gasteiger partial charge in [-0.2, -0.15) is 0 Å². The van der Waals surface area contributed by atoms with Crippen LogP contribution < -0.4 is 0 Å². The Hall–Kier alpha value is -2.44. The number of benzene rings is 1. The normalized spacial score (nSPS) is 17.0. The van der Waals surface area contributed by atoms with Crippen LogP contribution >= 0.6 is 11.6 Å². The molecule has 6 nitrogen and oxygen atoms in total. The molecule has 1 amide bonds. The van der Waals surface area contributed by atoms with Gasteiger partial charge in [-0.05, 0) is 82.0 Å². The highest BCUT2D eigenvalue weighted by Crippen LogP contribution is 2.25. The van der Waals surface area contributed by atoms with E-state index in [1.54, 1.807) is 11.1 Å². The van der Waals surface area contributed by atoms with Gasteiger partial charge < -0.3 is 9.64 Å². The molecule has 0 bridgehead atoms. The van der Waals surface area contributed by atoms with Crippen LogP contribution in [0.15, 0.2) is 30.5 Å². The van der Waals surface area contributed by atoms with Crippen molar-refractivity contribution >= 4 is 23.5 Å². The third-order valence-corrected chi connectivity index (χ3v) is 6.40. The van der Waals surface area contributed by atoms with E-state index >= 15 is 0 Å². The number of nitrogens with zero attached hydrogens (tertiary/aromatic N) is 3. The maximum atomic E-state index is 12.9. The van der Waals surface area contributed by atoms with E-state index < -0.39 is 5.60 Å². The standard InChI is InChI=1S/C27H36ClN3O3/c1-7-24-9-8-20(15-29-24)25(32)14-21-12-23(28)13-22(19(21)3)17-30-10-11-31(18(2)16-30)26(33)34-27(4,5)6/h8-9,12-13,15,18H,7,10-11,14,16-17H2,1-6H3/t18-/m0/s1. The zero-order valence-corrected chi connectivity index (χ0v) is 21.9. The van der Waals surface area contributed by atoms with E-state index in [2.05, 4.69) is 9.88 Å². The fourth-order valence-electron chi connectivity index (χ4n) is 4.23. The van der Waals surface area contributed by atoms with Crippen molar-refractivity contribution in [3.8, 4) is 0 Å². The van der Waals surface area contributed by atoms with Crippen molar-refractivity contribution in [1.82, 2.24) is 14.8 Å². The van der Waals surface area contributed by atoms with Gasteiger partial charge in [0.25, 0.3) is 0 Å². The van der Waals surface area contributed by atoms with Gasteiger partial charge in [-0.15, -0.1) is 0 Å². The number of ether oxygens (including phenoxy) is 1. The zero-order valence-electron chi connectivity index (χ0n) is 21.2. The molecule has 1 aliphatic heterocycles. The molecule has 0 unspecified atom stereocenters. The molecule has 184 valence electrons. The minimum absolute atomic E-state index is 0.0334. The van der Waals surface area contributed by atoms with Gasteiger partial charge in [-0.25, -0.2) is 4.79 Å². The summed E-state index contributed by atoms with van der Waals surface area (Å²) in [5.41, 5.74) is 4.20. The predicted molar refractivity (Wildman–Crippen MR) is 136 cm³/mol. The SMILES string of the molecule is CCc1ccc(C(=O)Cc2cc(Cl)cc(CN3CCN(C(=O)OC(C)(C)C)[C@@H](C)C3)c2C)cn1. The largest absolute Gasteiger partial charge is 0.444 e. The first-order chi connectivity index (χ1) is 16.0. The van der Waals surface area contributed by atoms with Crippen molar-refractivity contribution < 1.29 is 14.3 Å². The maximum Gasteiger partial charge on any atom is 0.410 e. The fourth-order valence-corrected chi connectivity index (χ4v) is 4.49. The van der Waals surface area contributed by atoms with Crippen LogP contribution in [0, 0.1) is 6.92 Å².